The van der Waals surface area contributed by atoms with Gasteiger partial charge >= 0.3 is 5.97 Å². The van der Waals surface area contributed by atoms with E-state index in [1.807, 2.05) is 6.07 Å². The SMILES string of the molecule is O=C(CC1(C(=O)O)CCCCCC1)Nc1cccc(N2CCCC2=O)c1. The molecule has 2 aliphatic rings. The number of anilines is 2. The fourth-order valence-electron chi connectivity index (χ4n) is 4.06. The van der Waals surface area contributed by atoms with Crippen LogP contribution in [0.1, 0.15) is 57.8 Å². The van der Waals surface area contributed by atoms with E-state index in [2.05, 4.69) is 5.32 Å². The lowest BCUT2D eigenvalue weighted by Crippen LogP contribution is -2.35. The zero-order chi connectivity index (χ0) is 18.6. The lowest BCUT2D eigenvalue weighted by molar-refractivity contribution is -0.152. The molecule has 6 nitrogen and oxygen atoms in total. The van der Waals surface area contributed by atoms with Gasteiger partial charge in [0.25, 0.3) is 0 Å². The van der Waals surface area contributed by atoms with E-state index in [9.17, 15) is 19.5 Å². The maximum Gasteiger partial charge on any atom is 0.310 e. The summed E-state index contributed by atoms with van der Waals surface area (Å²) in [5.41, 5.74) is 0.414. The highest BCUT2D eigenvalue weighted by Gasteiger charge is 2.40. The minimum Gasteiger partial charge on any atom is -0.481 e. The van der Waals surface area contributed by atoms with Crippen molar-refractivity contribution in [3.63, 3.8) is 0 Å². The number of carboxylic acids is 1. The van der Waals surface area contributed by atoms with Gasteiger partial charge in [-0.3, -0.25) is 14.4 Å². The van der Waals surface area contributed by atoms with Crippen LogP contribution in [0.25, 0.3) is 0 Å². The van der Waals surface area contributed by atoms with Crippen LogP contribution in [-0.4, -0.2) is 29.4 Å². The number of carbonyl (C=O) groups is 3. The van der Waals surface area contributed by atoms with Crippen molar-refractivity contribution in [2.75, 3.05) is 16.8 Å². The Labute approximate surface area is 153 Å². The monoisotopic (exact) mass is 358 g/mol. The fourth-order valence-corrected chi connectivity index (χ4v) is 4.06. The first-order chi connectivity index (χ1) is 12.5. The molecule has 6 heteroatoms. The second-order valence-corrected chi connectivity index (χ2v) is 7.42. The van der Waals surface area contributed by atoms with E-state index in [-0.39, 0.29) is 18.2 Å². The quantitative estimate of drug-likeness (QED) is 0.788. The molecule has 3 rings (SSSR count). The molecule has 0 unspecified atom stereocenters. The summed E-state index contributed by atoms with van der Waals surface area (Å²) in [6.07, 6.45) is 6.27. The third kappa shape index (κ3) is 4.06. The van der Waals surface area contributed by atoms with Crippen LogP contribution in [0.2, 0.25) is 0 Å². The third-order valence-electron chi connectivity index (χ3n) is 5.53. The molecule has 1 saturated carbocycles. The van der Waals surface area contributed by atoms with Gasteiger partial charge in [-0.05, 0) is 37.5 Å². The Morgan fingerprint density at radius 1 is 1.12 bits per heavy atom. The summed E-state index contributed by atoms with van der Waals surface area (Å²) < 4.78 is 0. The van der Waals surface area contributed by atoms with Gasteiger partial charge in [0, 0.05) is 30.8 Å². The second kappa shape index (κ2) is 7.89. The predicted molar refractivity (Wildman–Crippen MR) is 99.0 cm³/mol. The Morgan fingerprint density at radius 3 is 2.46 bits per heavy atom. The molecule has 0 bridgehead atoms. The van der Waals surface area contributed by atoms with Gasteiger partial charge in [0.15, 0.2) is 0 Å². The molecule has 1 aromatic carbocycles. The molecule has 0 radical (unpaired) electrons. The van der Waals surface area contributed by atoms with Gasteiger partial charge in [-0.2, -0.15) is 0 Å². The highest BCUT2D eigenvalue weighted by atomic mass is 16.4. The van der Waals surface area contributed by atoms with Gasteiger partial charge in [0.1, 0.15) is 0 Å². The highest BCUT2D eigenvalue weighted by Crippen LogP contribution is 2.38. The van der Waals surface area contributed by atoms with E-state index in [0.717, 1.165) is 37.8 Å². The predicted octanol–water partition coefficient (Wildman–Crippen LogP) is 3.57. The van der Waals surface area contributed by atoms with E-state index >= 15 is 0 Å². The van der Waals surface area contributed by atoms with Crippen molar-refractivity contribution < 1.29 is 19.5 Å². The summed E-state index contributed by atoms with van der Waals surface area (Å²) >= 11 is 0. The lowest BCUT2D eigenvalue weighted by Gasteiger charge is -2.27. The number of benzene rings is 1. The minimum atomic E-state index is -0.955. The summed E-state index contributed by atoms with van der Waals surface area (Å²) in [5.74, 6) is -1.05. The van der Waals surface area contributed by atoms with Crippen LogP contribution in [-0.2, 0) is 14.4 Å². The summed E-state index contributed by atoms with van der Waals surface area (Å²) in [5, 5.41) is 12.5. The van der Waals surface area contributed by atoms with Crippen molar-refractivity contribution in [2.24, 2.45) is 5.41 Å². The summed E-state index contributed by atoms with van der Waals surface area (Å²) in [4.78, 5) is 38.0. The van der Waals surface area contributed by atoms with Crippen LogP contribution in [0.4, 0.5) is 11.4 Å². The first-order valence-electron chi connectivity index (χ1n) is 9.44. The van der Waals surface area contributed by atoms with Gasteiger partial charge in [-0.1, -0.05) is 31.7 Å². The Hall–Kier alpha value is -2.37. The molecular formula is C20H26N2O4. The number of carboxylic acid groups (broad SMARTS) is 1. The van der Waals surface area contributed by atoms with Crippen LogP contribution in [0.5, 0.6) is 0 Å². The topological polar surface area (TPSA) is 86.7 Å². The smallest absolute Gasteiger partial charge is 0.310 e. The first-order valence-corrected chi connectivity index (χ1v) is 9.44. The maximum absolute atomic E-state index is 12.5. The largest absolute Gasteiger partial charge is 0.481 e. The maximum atomic E-state index is 12.5. The Bertz CT molecular complexity index is 693. The molecule has 2 fully saturated rings. The van der Waals surface area contributed by atoms with Gasteiger partial charge in [-0.25, -0.2) is 0 Å². The molecule has 140 valence electrons. The van der Waals surface area contributed by atoms with E-state index in [1.54, 1.807) is 23.1 Å². The third-order valence-corrected chi connectivity index (χ3v) is 5.53. The molecule has 1 heterocycles. The fraction of sp³-hybridized carbons (Fsp3) is 0.550. The van der Waals surface area contributed by atoms with E-state index in [1.165, 1.54) is 0 Å². The van der Waals surface area contributed by atoms with E-state index in [0.29, 0.717) is 31.5 Å². The molecular weight excluding hydrogens is 332 g/mol. The zero-order valence-electron chi connectivity index (χ0n) is 15.0. The van der Waals surface area contributed by atoms with Crippen molar-refractivity contribution in [2.45, 2.75) is 57.8 Å². The Balaban J connectivity index is 1.69. The number of aliphatic carboxylic acids is 1. The zero-order valence-corrected chi connectivity index (χ0v) is 15.0. The van der Waals surface area contributed by atoms with Crippen molar-refractivity contribution in [3.05, 3.63) is 24.3 Å². The molecule has 0 aromatic heterocycles. The van der Waals surface area contributed by atoms with Gasteiger partial charge in [0.05, 0.1) is 5.41 Å². The van der Waals surface area contributed by atoms with Crippen molar-refractivity contribution in [3.8, 4) is 0 Å². The second-order valence-electron chi connectivity index (χ2n) is 7.42. The number of hydrogen-bond donors (Lipinski definition) is 2. The number of nitrogens with zero attached hydrogens (tertiary/aromatic N) is 1. The van der Waals surface area contributed by atoms with Crippen molar-refractivity contribution >= 4 is 29.2 Å². The average Bonchev–Trinajstić information content (AvgIpc) is 2.88. The molecule has 1 aliphatic heterocycles. The molecule has 0 atom stereocenters. The standard InChI is InChI=1S/C20H26N2O4/c23-17(14-20(19(25)26)10-3-1-2-4-11-20)21-15-7-5-8-16(13-15)22-12-6-9-18(22)24/h5,7-8,13H,1-4,6,9-12,14H2,(H,21,23)(H,25,26). The highest BCUT2D eigenvalue weighted by molar-refractivity contribution is 5.97. The molecule has 2 amide bonds. The van der Waals surface area contributed by atoms with Crippen LogP contribution in [0.3, 0.4) is 0 Å². The van der Waals surface area contributed by atoms with E-state index < -0.39 is 11.4 Å². The first kappa shape index (κ1) is 18.4. The number of hydrogen-bond acceptors (Lipinski definition) is 3. The van der Waals surface area contributed by atoms with Crippen LogP contribution in [0, 0.1) is 5.41 Å². The average molecular weight is 358 g/mol. The molecule has 1 saturated heterocycles. The Morgan fingerprint density at radius 2 is 1.85 bits per heavy atom. The minimum absolute atomic E-state index is 0.00476. The van der Waals surface area contributed by atoms with E-state index in [4.69, 9.17) is 0 Å². The van der Waals surface area contributed by atoms with Gasteiger partial charge < -0.3 is 15.3 Å². The van der Waals surface area contributed by atoms with Crippen LogP contribution >= 0.6 is 0 Å². The molecule has 26 heavy (non-hydrogen) atoms. The van der Waals surface area contributed by atoms with Crippen molar-refractivity contribution in [1.82, 2.24) is 0 Å². The van der Waals surface area contributed by atoms with Gasteiger partial charge in [-0.15, -0.1) is 0 Å². The molecule has 1 aromatic rings. The molecule has 1 aliphatic carbocycles. The Kier molecular flexibility index (Phi) is 5.59. The number of amides is 2. The number of rotatable bonds is 5. The molecule has 2 N–H and O–H groups in total. The summed E-state index contributed by atoms with van der Waals surface area (Å²) in [6, 6.07) is 7.20. The summed E-state index contributed by atoms with van der Waals surface area (Å²) in [7, 11) is 0. The number of nitrogens with one attached hydrogen (secondary N) is 1. The summed E-state index contributed by atoms with van der Waals surface area (Å²) in [6.45, 7) is 0.693. The number of carbonyl (C=O) groups excluding carboxylic acids is 2. The van der Waals surface area contributed by atoms with Crippen LogP contribution in [0.15, 0.2) is 24.3 Å². The van der Waals surface area contributed by atoms with Gasteiger partial charge in [0.2, 0.25) is 11.8 Å². The van der Waals surface area contributed by atoms with Crippen molar-refractivity contribution in [1.29, 1.82) is 0 Å². The normalized spacial score (nSPS) is 19.8. The molecule has 0 spiro atoms. The van der Waals surface area contributed by atoms with Crippen LogP contribution < -0.4 is 10.2 Å². The lowest BCUT2D eigenvalue weighted by atomic mass is 9.77.